The summed E-state index contributed by atoms with van der Waals surface area (Å²) in [6.07, 6.45) is 1.16. The minimum absolute atomic E-state index is 0.0827. The summed E-state index contributed by atoms with van der Waals surface area (Å²) in [5.41, 5.74) is -0.0827. The molecular weight excluding hydrogens is 114 g/mol. The highest BCUT2D eigenvalue weighted by molar-refractivity contribution is 4.80. The first-order valence-electron chi connectivity index (χ1n) is 3.56. The summed E-state index contributed by atoms with van der Waals surface area (Å²) in [4.78, 5) is 0. The van der Waals surface area contributed by atoms with Gasteiger partial charge < -0.3 is 4.74 Å². The molecule has 0 aromatic rings. The van der Waals surface area contributed by atoms with Crippen LogP contribution < -0.4 is 5.32 Å². The van der Waals surface area contributed by atoms with Crippen LogP contribution in [0.1, 0.15) is 27.2 Å². The zero-order chi connectivity index (χ0) is 6.91. The largest absolute Gasteiger partial charge is 0.360 e. The number of hydrogen-bond donors (Lipinski definition) is 1. The van der Waals surface area contributed by atoms with Crippen molar-refractivity contribution in [3.05, 3.63) is 0 Å². The second kappa shape index (κ2) is 2.27. The SMILES string of the molecule is CC[C@@H]1COC(C)(C)N1. The van der Waals surface area contributed by atoms with Crippen molar-refractivity contribution in [2.75, 3.05) is 6.61 Å². The van der Waals surface area contributed by atoms with Gasteiger partial charge in [0.2, 0.25) is 0 Å². The molecule has 0 aromatic carbocycles. The molecule has 1 aliphatic rings. The molecule has 0 amide bonds. The second-order valence-electron chi connectivity index (χ2n) is 3.07. The standard InChI is InChI=1S/C7H15NO/c1-4-6-5-9-7(2,3)8-6/h6,8H,4-5H2,1-3H3/t6-/m1/s1. The van der Waals surface area contributed by atoms with E-state index in [9.17, 15) is 0 Å². The third-order valence-electron chi connectivity index (χ3n) is 1.69. The normalized spacial score (nSPS) is 33.0. The Morgan fingerprint density at radius 3 is 2.56 bits per heavy atom. The zero-order valence-electron chi connectivity index (χ0n) is 6.40. The lowest BCUT2D eigenvalue weighted by Crippen LogP contribution is -2.37. The highest BCUT2D eigenvalue weighted by Crippen LogP contribution is 2.15. The molecule has 2 heteroatoms. The molecule has 1 aliphatic heterocycles. The third-order valence-corrected chi connectivity index (χ3v) is 1.69. The van der Waals surface area contributed by atoms with Gasteiger partial charge >= 0.3 is 0 Å². The lowest BCUT2D eigenvalue weighted by molar-refractivity contribution is 0.0231. The first-order chi connectivity index (χ1) is 4.14. The van der Waals surface area contributed by atoms with Crippen LogP contribution in [0.15, 0.2) is 0 Å². The summed E-state index contributed by atoms with van der Waals surface area (Å²) in [7, 11) is 0. The molecule has 0 radical (unpaired) electrons. The van der Waals surface area contributed by atoms with E-state index in [4.69, 9.17) is 4.74 Å². The Hall–Kier alpha value is -0.0800. The van der Waals surface area contributed by atoms with Crippen LogP contribution in [0, 0.1) is 0 Å². The molecule has 0 aliphatic carbocycles. The predicted octanol–water partition coefficient (Wildman–Crippen LogP) is 1.12. The molecule has 0 aromatic heterocycles. The van der Waals surface area contributed by atoms with Crippen LogP contribution in [0.4, 0.5) is 0 Å². The van der Waals surface area contributed by atoms with Gasteiger partial charge in [-0.15, -0.1) is 0 Å². The lowest BCUT2D eigenvalue weighted by atomic mass is 10.2. The Morgan fingerprint density at radius 2 is 2.33 bits per heavy atom. The molecule has 1 heterocycles. The minimum atomic E-state index is -0.0827. The minimum Gasteiger partial charge on any atom is -0.360 e. The number of hydrogen-bond acceptors (Lipinski definition) is 2. The Labute approximate surface area is 56.6 Å². The number of ether oxygens (including phenoxy) is 1. The summed E-state index contributed by atoms with van der Waals surface area (Å²) in [6, 6.07) is 0.569. The molecule has 0 bridgehead atoms. The third kappa shape index (κ3) is 1.66. The summed E-state index contributed by atoms with van der Waals surface area (Å²) >= 11 is 0. The van der Waals surface area contributed by atoms with E-state index in [1.165, 1.54) is 0 Å². The summed E-state index contributed by atoms with van der Waals surface area (Å²) in [5.74, 6) is 0. The van der Waals surface area contributed by atoms with Crippen LogP contribution in [-0.2, 0) is 4.74 Å². The Morgan fingerprint density at radius 1 is 1.67 bits per heavy atom. The molecule has 1 saturated heterocycles. The van der Waals surface area contributed by atoms with E-state index < -0.39 is 0 Å². The molecule has 0 saturated carbocycles. The summed E-state index contributed by atoms with van der Waals surface area (Å²) < 4.78 is 5.43. The smallest absolute Gasteiger partial charge is 0.113 e. The van der Waals surface area contributed by atoms with Crippen molar-refractivity contribution in [3.8, 4) is 0 Å². The molecule has 2 nitrogen and oxygen atoms in total. The van der Waals surface area contributed by atoms with Gasteiger partial charge in [0.1, 0.15) is 5.72 Å². The highest BCUT2D eigenvalue weighted by Gasteiger charge is 2.29. The fraction of sp³-hybridized carbons (Fsp3) is 1.00. The van der Waals surface area contributed by atoms with Gasteiger partial charge in [0.15, 0.2) is 0 Å². The van der Waals surface area contributed by atoms with Gasteiger partial charge in [0, 0.05) is 6.04 Å². The van der Waals surface area contributed by atoms with Crippen molar-refractivity contribution in [1.29, 1.82) is 0 Å². The quantitative estimate of drug-likeness (QED) is 0.573. The molecule has 9 heavy (non-hydrogen) atoms. The van der Waals surface area contributed by atoms with Gasteiger partial charge in [-0.1, -0.05) is 6.92 Å². The van der Waals surface area contributed by atoms with Crippen molar-refractivity contribution in [3.63, 3.8) is 0 Å². The molecular formula is C7H15NO. The number of rotatable bonds is 1. The zero-order valence-corrected chi connectivity index (χ0v) is 6.40. The van der Waals surface area contributed by atoms with E-state index in [0.29, 0.717) is 6.04 Å². The average molecular weight is 129 g/mol. The maximum absolute atomic E-state index is 5.43. The molecule has 0 spiro atoms. The maximum Gasteiger partial charge on any atom is 0.113 e. The molecule has 1 fully saturated rings. The highest BCUT2D eigenvalue weighted by atomic mass is 16.5. The fourth-order valence-corrected chi connectivity index (χ4v) is 1.10. The predicted molar refractivity (Wildman–Crippen MR) is 37.2 cm³/mol. The van der Waals surface area contributed by atoms with E-state index in [1.54, 1.807) is 0 Å². The van der Waals surface area contributed by atoms with E-state index in [0.717, 1.165) is 13.0 Å². The van der Waals surface area contributed by atoms with Crippen molar-refractivity contribution in [1.82, 2.24) is 5.32 Å². The van der Waals surface area contributed by atoms with Gasteiger partial charge in [-0.05, 0) is 20.3 Å². The Bertz CT molecular complexity index is 101. The fourth-order valence-electron chi connectivity index (χ4n) is 1.10. The Kier molecular flexibility index (Phi) is 1.78. The van der Waals surface area contributed by atoms with E-state index in [2.05, 4.69) is 26.1 Å². The molecule has 1 N–H and O–H groups in total. The van der Waals surface area contributed by atoms with Gasteiger partial charge in [-0.2, -0.15) is 0 Å². The second-order valence-corrected chi connectivity index (χ2v) is 3.07. The first-order valence-corrected chi connectivity index (χ1v) is 3.56. The van der Waals surface area contributed by atoms with Gasteiger partial charge in [0.05, 0.1) is 6.61 Å². The van der Waals surface area contributed by atoms with E-state index >= 15 is 0 Å². The summed E-state index contributed by atoms with van der Waals surface area (Å²) in [5, 5.41) is 3.36. The average Bonchev–Trinajstić information content (AvgIpc) is 2.10. The van der Waals surface area contributed by atoms with Crippen LogP contribution in [0.2, 0.25) is 0 Å². The van der Waals surface area contributed by atoms with Gasteiger partial charge in [0.25, 0.3) is 0 Å². The van der Waals surface area contributed by atoms with Crippen LogP contribution in [-0.4, -0.2) is 18.4 Å². The van der Waals surface area contributed by atoms with Crippen LogP contribution in [0.5, 0.6) is 0 Å². The van der Waals surface area contributed by atoms with E-state index in [-0.39, 0.29) is 5.72 Å². The van der Waals surface area contributed by atoms with E-state index in [1.807, 2.05) is 0 Å². The van der Waals surface area contributed by atoms with Gasteiger partial charge in [-0.25, -0.2) is 0 Å². The van der Waals surface area contributed by atoms with Crippen molar-refractivity contribution < 1.29 is 4.74 Å². The lowest BCUT2D eigenvalue weighted by Gasteiger charge is -2.17. The first kappa shape index (κ1) is 7.03. The van der Waals surface area contributed by atoms with Crippen molar-refractivity contribution in [2.45, 2.75) is 39.0 Å². The van der Waals surface area contributed by atoms with Crippen molar-refractivity contribution >= 4 is 0 Å². The summed E-state index contributed by atoms with van der Waals surface area (Å²) in [6.45, 7) is 7.15. The monoisotopic (exact) mass is 129 g/mol. The molecule has 1 atom stereocenters. The topological polar surface area (TPSA) is 21.3 Å². The molecule has 0 unspecified atom stereocenters. The van der Waals surface area contributed by atoms with Crippen LogP contribution in [0.25, 0.3) is 0 Å². The Balaban J connectivity index is 2.38. The molecule has 54 valence electrons. The maximum atomic E-state index is 5.43. The van der Waals surface area contributed by atoms with Crippen LogP contribution >= 0.6 is 0 Å². The van der Waals surface area contributed by atoms with Crippen LogP contribution in [0.3, 0.4) is 0 Å². The van der Waals surface area contributed by atoms with Gasteiger partial charge in [-0.3, -0.25) is 5.32 Å². The number of nitrogens with one attached hydrogen (secondary N) is 1. The van der Waals surface area contributed by atoms with Crippen molar-refractivity contribution in [2.24, 2.45) is 0 Å². The molecule has 1 rings (SSSR count).